The van der Waals surface area contributed by atoms with Crippen molar-refractivity contribution in [1.29, 1.82) is 0 Å². The molecule has 1 saturated carbocycles. The van der Waals surface area contributed by atoms with Crippen molar-refractivity contribution in [2.75, 3.05) is 10.3 Å². The number of benzene rings is 2. The number of anilines is 2. The molecule has 3 aliphatic rings. The molecule has 0 amide bonds. The van der Waals surface area contributed by atoms with Gasteiger partial charge < -0.3 is 10.4 Å². The summed E-state index contributed by atoms with van der Waals surface area (Å²) in [5, 5.41) is 16.1. The second kappa shape index (κ2) is 8.11. The van der Waals surface area contributed by atoms with Gasteiger partial charge in [0.05, 0.1) is 11.4 Å². The number of hydrogen-bond acceptors (Lipinski definition) is 6. The second-order valence-corrected chi connectivity index (χ2v) is 9.84. The zero-order valence-corrected chi connectivity index (χ0v) is 18.0. The van der Waals surface area contributed by atoms with Gasteiger partial charge in [0.15, 0.2) is 5.84 Å². The van der Waals surface area contributed by atoms with Gasteiger partial charge in [-0.25, -0.2) is 5.43 Å². The summed E-state index contributed by atoms with van der Waals surface area (Å²) in [7, 11) is -3.86. The van der Waals surface area contributed by atoms with Gasteiger partial charge in [-0.05, 0) is 31.0 Å². The number of aliphatic hydroxyl groups is 1. The number of fused-ring (bicyclic) bond motifs is 2. The lowest BCUT2D eigenvalue weighted by molar-refractivity contribution is 0.219. The summed E-state index contributed by atoms with van der Waals surface area (Å²) in [6, 6.07) is 14.6. The molecule has 2 aromatic rings. The second-order valence-electron chi connectivity index (χ2n) is 8.27. The van der Waals surface area contributed by atoms with Crippen LogP contribution in [0.2, 0.25) is 0 Å². The number of nitrogens with zero attached hydrogens (tertiary/aromatic N) is 2. The Morgan fingerprint density at radius 2 is 1.71 bits per heavy atom. The van der Waals surface area contributed by atoms with Gasteiger partial charge in [0, 0.05) is 23.4 Å². The van der Waals surface area contributed by atoms with Crippen molar-refractivity contribution in [2.45, 2.75) is 55.6 Å². The fourth-order valence-corrected chi connectivity index (χ4v) is 5.66. The predicted molar refractivity (Wildman–Crippen MR) is 121 cm³/mol. The number of nitrogens with one attached hydrogen (secondary N) is 2. The molecule has 7 nitrogen and oxygen atoms in total. The number of hydrogen-bond donors (Lipinski definition) is 3. The highest BCUT2D eigenvalue weighted by Crippen LogP contribution is 2.38. The van der Waals surface area contributed by atoms with Gasteiger partial charge in [-0.3, -0.25) is 5.01 Å². The summed E-state index contributed by atoms with van der Waals surface area (Å²) in [5.41, 5.74) is 6.05. The van der Waals surface area contributed by atoms with E-state index in [4.69, 9.17) is 0 Å². The summed E-state index contributed by atoms with van der Waals surface area (Å²) in [6.45, 7) is 0. The number of hydrazine groups is 1. The van der Waals surface area contributed by atoms with Crippen LogP contribution in [0.15, 0.2) is 69.6 Å². The van der Waals surface area contributed by atoms with Gasteiger partial charge in [0.25, 0.3) is 10.0 Å². The van der Waals surface area contributed by atoms with Crippen molar-refractivity contribution >= 4 is 27.2 Å². The summed E-state index contributed by atoms with van der Waals surface area (Å²) in [6.07, 6.45) is 7.85. The molecule has 0 bridgehead atoms. The minimum absolute atomic E-state index is 0.137. The Labute approximate surface area is 182 Å². The molecular weight excluding hydrogens is 412 g/mol. The highest BCUT2D eigenvalue weighted by Gasteiger charge is 2.33. The third kappa shape index (κ3) is 3.86. The maximum atomic E-state index is 12.7. The number of rotatable bonds is 3. The van der Waals surface area contributed by atoms with E-state index in [2.05, 4.69) is 15.1 Å². The third-order valence-electron chi connectivity index (χ3n) is 6.13. The van der Waals surface area contributed by atoms with Crippen molar-refractivity contribution < 1.29 is 13.5 Å². The fraction of sp³-hybridized carbons (Fsp3) is 0.348. The monoisotopic (exact) mass is 438 g/mol. The van der Waals surface area contributed by atoms with E-state index >= 15 is 0 Å². The van der Waals surface area contributed by atoms with Gasteiger partial charge in [0.1, 0.15) is 11.0 Å². The molecule has 2 heterocycles. The Balaban J connectivity index is 1.54. The minimum atomic E-state index is -3.86. The fourth-order valence-electron chi connectivity index (χ4n) is 4.53. The van der Waals surface area contributed by atoms with Gasteiger partial charge in [-0.2, -0.15) is 8.42 Å². The molecule has 1 atom stereocenters. The van der Waals surface area contributed by atoms with E-state index in [-0.39, 0.29) is 10.7 Å². The standard InChI is InChI=1S/C23H26N4O3S/c28-22-17-11-5-7-13-20(17)27(25-16-9-3-1-2-4-10-16)15-18(22)23-24-19-12-6-8-14-21(19)31(29,30)26-23/h5-8,11-16,22,25,28H,1-4,9-10H2,(H,24,26). The van der Waals surface area contributed by atoms with E-state index in [1.54, 1.807) is 24.4 Å². The summed E-state index contributed by atoms with van der Waals surface area (Å²) < 4.78 is 29.5. The predicted octanol–water partition coefficient (Wildman–Crippen LogP) is 3.86. The molecule has 5 rings (SSSR count). The highest BCUT2D eigenvalue weighted by atomic mass is 32.2. The Hall–Kier alpha value is -2.68. The van der Waals surface area contributed by atoms with Gasteiger partial charge in [-0.15, -0.1) is 4.40 Å². The van der Waals surface area contributed by atoms with Crippen LogP contribution in [0.1, 0.15) is 50.2 Å². The van der Waals surface area contributed by atoms with Gasteiger partial charge in [-0.1, -0.05) is 56.0 Å². The van der Waals surface area contributed by atoms with Crippen LogP contribution >= 0.6 is 0 Å². The zero-order valence-electron chi connectivity index (χ0n) is 17.2. The van der Waals surface area contributed by atoms with Gasteiger partial charge >= 0.3 is 0 Å². The van der Waals surface area contributed by atoms with Crippen LogP contribution in [0.4, 0.5) is 11.4 Å². The molecule has 0 radical (unpaired) electrons. The van der Waals surface area contributed by atoms with E-state index in [1.165, 1.54) is 31.7 Å². The Kier molecular flexibility index (Phi) is 5.29. The van der Waals surface area contributed by atoms with E-state index < -0.39 is 16.1 Å². The van der Waals surface area contributed by atoms with Crippen LogP contribution in [0.3, 0.4) is 0 Å². The SMILES string of the molecule is O=S1(=O)N=C(C2=CN(NC3CCCCCC3)c3ccccc3C2O)Nc2ccccc21. The molecule has 1 aliphatic carbocycles. The first kappa shape index (κ1) is 20.2. The van der Waals surface area contributed by atoms with Crippen LogP contribution in [-0.2, 0) is 10.0 Å². The Morgan fingerprint density at radius 3 is 2.52 bits per heavy atom. The van der Waals surface area contributed by atoms with E-state index in [0.717, 1.165) is 18.5 Å². The van der Waals surface area contributed by atoms with Crippen LogP contribution in [-0.4, -0.2) is 25.4 Å². The smallest absolute Gasteiger partial charge is 0.286 e. The van der Waals surface area contributed by atoms with Crippen LogP contribution in [0.25, 0.3) is 0 Å². The van der Waals surface area contributed by atoms with E-state index in [0.29, 0.717) is 22.9 Å². The number of amidine groups is 1. The van der Waals surface area contributed by atoms with Crippen molar-refractivity contribution in [2.24, 2.45) is 4.40 Å². The molecule has 0 saturated heterocycles. The summed E-state index contributed by atoms with van der Waals surface area (Å²) in [4.78, 5) is 0.137. The Bertz CT molecular complexity index is 1150. The molecule has 3 N–H and O–H groups in total. The molecule has 31 heavy (non-hydrogen) atoms. The highest BCUT2D eigenvalue weighted by molar-refractivity contribution is 7.90. The summed E-state index contributed by atoms with van der Waals surface area (Å²) >= 11 is 0. The van der Waals surface area contributed by atoms with Crippen LogP contribution in [0, 0.1) is 0 Å². The zero-order chi connectivity index (χ0) is 21.4. The van der Waals surface area contributed by atoms with Crippen molar-refractivity contribution in [3.63, 3.8) is 0 Å². The maximum absolute atomic E-state index is 12.7. The van der Waals surface area contributed by atoms with Crippen molar-refractivity contribution in [3.8, 4) is 0 Å². The molecule has 2 aliphatic heterocycles. The molecule has 8 heteroatoms. The van der Waals surface area contributed by atoms with Crippen LogP contribution in [0.5, 0.6) is 0 Å². The average Bonchev–Trinajstić information content (AvgIpc) is 3.04. The minimum Gasteiger partial charge on any atom is -0.383 e. The van der Waals surface area contributed by atoms with E-state index in [9.17, 15) is 13.5 Å². The Morgan fingerprint density at radius 1 is 1.00 bits per heavy atom. The molecule has 2 aromatic carbocycles. The third-order valence-corrected chi connectivity index (χ3v) is 7.47. The topological polar surface area (TPSA) is 94.0 Å². The van der Waals surface area contributed by atoms with Gasteiger partial charge in [0.2, 0.25) is 0 Å². The molecule has 0 spiro atoms. The summed E-state index contributed by atoms with van der Waals surface area (Å²) in [5.74, 6) is 0.147. The lowest BCUT2D eigenvalue weighted by atomic mass is 9.96. The molecule has 1 fully saturated rings. The first-order chi connectivity index (χ1) is 15.0. The lowest BCUT2D eigenvalue weighted by Gasteiger charge is -2.35. The largest absolute Gasteiger partial charge is 0.383 e. The molecule has 1 unspecified atom stereocenters. The quantitative estimate of drug-likeness (QED) is 0.630. The molecule has 0 aromatic heterocycles. The normalized spacial score (nSPS) is 23.0. The molecule has 162 valence electrons. The van der Waals surface area contributed by atoms with Crippen molar-refractivity contribution in [1.82, 2.24) is 5.43 Å². The average molecular weight is 439 g/mol. The van der Waals surface area contributed by atoms with Crippen LogP contribution < -0.4 is 15.8 Å². The molecular formula is C23H26N4O3S. The number of aliphatic hydroxyl groups excluding tert-OH is 1. The number of para-hydroxylation sites is 2. The number of sulfonamides is 1. The maximum Gasteiger partial charge on any atom is 0.286 e. The van der Waals surface area contributed by atoms with E-state index in [1.807, 2.05) is 29.3 Å². The first-order valence-electron chi connectivity index (χ1n) is 10.8. The first-order valence-corrected chi connectivity index (χ1v) is 12.2. The van der Waals surface area contributed by atoms with Crippen molar-refractivity contribution in [3.05, 3.63) is 65.9 Å². The lowest BCUT2D eigenvalue weighted by Crippen LogP contribution is -2.44.